The number of ether oxygens (including phenoxy) is 1. The molecular weight excluding hydrogens is 344 g/mol. The molecule has 2 saturated heterocycles. The molecule has 1 aromatic carbocycles. The number of piperidine rings is 1. The first-order chi connectivity index (χ1) is 13.1. The van der Waals surface area contributed by atoms with Gasteiger partial charge < -0.3 is 15.4 Å². The summed E-state index contributed by atoms with van der Waals surface area (Å²) in [7, 11) is 1.70. The normalized spacial score (nSPS) is 21.8. The molecule has 7 nitrogen and oxygen atoms in total. The van der Waals surface area contributed by atoms with Crippen molar-refractivity contribution < 1.29 is 14.3 Å². The first kappa shape index (κ1) is 19.6. The molecule has 7 heteroatoms. The third kappa shape index (κ3) is 5.20. The number of nitrogens with two attached hydrogens (primary N) is 1. The van der Waals surface area contributed by atoms with Gasteiger partial charge in [-0.1, -0.05) is 18.2 Å². The molecule has 0 spiro atoms. The lowest BCUT2D eigenvalue weighted by Crippen LogP contribution is -2.52. The van der Waals surface area contributed by atoms with Crippen LogP contribution in [0.2, 0.25) is 0 Å². The average molecular weight is 374 g/mol. The molecule has 1 aromatic rings. The van der Waals surface area contributed by atoms with Gasteiger partial charge in [0, 0.05) is 44.8 Å². The monoisotopic (exact) mass is 374 g/mol. The summed E-state index contributed by atoms with van der Waals surface area (Å²) >= 11 is 0. The number of likely N-dealkylation sites (tertiary alicyclic amines) is 1. The number of carbonyl (C=O) groups is 2. The van der Waals surface area contributed by atoms with E-state index in [1.54, 1.807) is 7.11 Å². The molecule has 2 heterocycles. The van der Waals surface area contributed by atoms with Crippen molar-refractivity contribution in [3.63, 3.8) is 0 Å². The van der Waals surface area contributed by atoms with Crippen molar-refractivity contribution in [2.24, 2.45) is 11.7 Å². The van der Waals surface area contributed by atoms with Gasteiger partial charge in [-0.25, -0.2) is 0 Å². The summed E-state index contributed by atoms with van der Waals surface area (Å²) in [5, 5.41) is 0. The van der Waals surface area contributed by atoms with E-state index in [-0.39, 0.29) is 24.3 Å². The Morgan fingerprint density at radius 3 is 2.56 bits per heavy atom. The summed E-state index contributed by atoms with van der Waals surface area (Å²) in [5.74, 6) is 0.792. The van der Waals surface area contributed by atoms with Crippen molar-refractivity contribution in [2.45, 2.75) is 19.4 Å². The minimum atomic E-state index is -0.326. The topological polar surface area (TPSA) is 79.1 Å². The SMILES string of the molecule is COc1ccccc1CN1CCN(C(=O)C2CCCN(CC(N)=O)C2)CC1. The van der Waals surface area contributed by atoms with Gasteiger partial charge >= 0.3 is 0 Å². The fraction of sp³-hybridized carbons (Fsp3) is 0.600. The van der Waals surface area contributed by atoms with Gasteiger partial charge in [-0.05, 0) is 25.5 Å². The van der Waals surface area contributed by atoms with Gasteiger partial charge in [-0.2, -0.15) is 0 Å². The molecule has 148 valence electrons. The van der Waals surface area contributed by atoms with E-state index in [4.69, 9.17) is 10.5 Å². The predicted octanol–water partition coefficient (Wildman–Crippen LogP) is 0.537. The van der Waals surface area contributed by atoms with Crippen LogP contribution in [0.3, 0.4) is 0 Å². The number of carbonyl (C=O) groups excluding carboxylic acids is 2. The average Bonchev–Trinajstić information content (AvgIpc) is 2.68. The zero-order valence-corrected chi connectivity index (χ0v) is 16.1. The van der Waals surface area contributed by atoms with Crippen LogP contribution in [0.5, 0.6) is 5.75 Å². The Kier molecular flexibility index (Phi) is 6.68. The number of amides is 2. The second-order valence-electron chi connectivity index (χ2n) is 7.45. The molecule has 27 heavy (non-hydrogen) atoms. The van der Waals surface area contributed by atoms with Crippen molar-refractivity contribution in [1.29, 1.82) is 0 Å². The highest BCUT2D eigenvalue weighted by atomic mass is 16.5. The van der Waals surface area contributed by atoms with Crippen molar-refractivity contribution in [2.75, 3.05) is 52.9 Å². The highest BCUT2D eigenvalue weighted by Gasteiger charge is 2.31. The summed E-state index contributed by atoms with van der Waals surface area (Å²) in [6.07, 6.45) is 1.84. The van der Waals surface area contributed by atoms with E-state index in [9.17, 15) is 9.59 Å². The summed E-state index contributed by atoms with van der Waals surface area (Å²) in [6.45, 7) is 5.80. The molecule has 2 amide bonds. The molecule has 3 rings (SSSR count). The second-order valence-corrected chi connectivity index (χ2v) is 7.45. The van der Waals surface area contributed by atoms with Crippen LogP contribution in [-0.2, 0) is 16.1 Å². The molecule has 2 aliphatic heterocycles. The van der Waals surface area contributed by atoms with Crippen LogP contribution in [0, 0.1) is 5.92 Å². The molecule has 0 saturated carbocycles. The van der Waals surface area contributed by atoms with E-state index < -0.39 is 0 Å². The molecule has 0 aliphatic carbocycles. The third-order valence-electron chi connectivity index (χ3n) is 5.50. The summed E-state index contributed by atoms with van der Waals surface area (Å²) in [5.41, 5.74) is 6.47. The van der Waals surface area contributed by atoms with E-state index in [0.29, 0.717) is 6.54 Å². The number of benzene rings is 1. The number of piperazine rings is 1. The van der Waals surface area contributed by atoms with Crippen LogP contribution < -0.4 is 10.5 Å². The van der Waals surface area contributed by atoms with Crippen LogP contribution in [0.4, 0.5) is 0 Å². The predicted molar refractivity (Wildman–Crippen MR) is 103 cm³/mol. The Bertz CT molecular complexity index is 658. The van der Waals surface area contributed by atoms with E-state index in [1.807, 2.05) is 28.0 Å². The number of rotatable bonds is 6. The van der Waals surface area contributed by atoms with Crippen LogP contribution in [0.1, 0.15) is 18.4 Å². The van der Waals surface area contributed by atoms with Crippen molar-refractivity contribution in [1.82, 2.24) is 14.7 Å². The van der Waals surface area contributed by atoms with Gasteiger partial charge in [-0.15, -0.1) is 0 Å². The zero-order chi connectivity index (χ0) is 19.2. The maximum atomic E-state index is 12.9. The molecule has 0 bridgehead atoms. The first-order valence-electron chi connectivity index (χ1n) is 9.70. The van der Waals surface area contributed by atoms with Gasteiger partial charge in [0.15, 0.2) is 0 Å². The number of nitrogens with zero attached hydrogens (tertiary/aromatic N) is 3. The van der Waals surface area contributed by atoms with Crippen LogP contribution >= 0.6 is 0 Å². The molecule has 0 aromatic heterocycles. The van der Waals surface area contributed by atoms with Crippen molar-refractivity contribution in [3.05, 3.63) is 29.8 Å². The quantitative estimate of drug-likeness (QED) is 0.786. The lowest BCUT2D eigenvalue weighted by Gasteiger charge is -2.39. The van der Waals surface area contributed by atoms with E-state index in [1.165, 1.54) is 5.56 Å². The van der Waals surface area contributed by atoms with E-state index >= 15 is 0 Å². The summed E-state index contributed by atoms with van der Waals surface area (Å²) in [6, 6.07) is 8.07. The fourth-order valence-electron chi connectivity index (χ4n) is 4.08. The fourth-order valence-corrected chi connectivity index (χ4v) is 4.08. The maximum Gasteiger partial charge on any atom is 0.231 e. The number of hydrogen-bond acceptors (Lipinski definition) is 5. The Morgan fingerprint density at radius 1 is 1.11 bits per heavy atom. The van der Waals surface area contributed by atoms with E-state index in [0.717, 1.165) is 57.9 Å². The van der Waals surface area contributed by atoms with Gasteiger partial charge in [-0.3, -0.25) is 19.4 Å². The lowest BCUT2D eigenvalue weighted by molar-refractivity contribution is -0.139. The van der Waals surface area contributed by atoms with Crippen LogP contribution in [0.25, 0.3) is 0 Å². The maximum absolute atomic E-state index is 12.9. The minimum absolute atomic E-state index is 0.0149. The Morgan fingerprint density at radius 2 is 1.85 bits per heavy atom. The molecular formula is C20H30N4O3. The number of hydrogen-bond donors (Lipinski definition) is 1. The number of methoxy groups -OCH3 is 1. The molecule has 1 unspecified atom stereocenters. The Labute approximate surface area is 161 Å². The number of primary amides is 1. The Balaban J connectivity index is 1.49. The van der Waals surface area contributed by atoms with Gasteiger partial charge in [0.1, 0.15) is 5.75 Å². The van der Waals surface area contributed by atoms with Crippen molar-refractivity contribution in [3.8, 4) is 5.75 Å². The standard InChI is InChI=1S/C20H30N4O3/c1-27-18-7-3-2-5-16(18)13-22-9-11-24(12-10-22)20(26)17-6-4-8-23(14-17)15-19(21)25/h2-3,5,7,17H,4,6,8-15H2,1H3,(H2,21,25). The highest BCUT2D eigenvalue weighted by Crippen LogP contribution is 2.22. The zero-order valence-electron chi connectivity index (χ0n) is 16.1. The molecule has 1 atom stereocenters. The smallest absolute Gasteiger partial charge is 0.231 e. The molecule has 2 fully saturated rings. The summed E-state index contributed by atoms with van der Waals surface area (Å²) < 4.78 is 5.43. The first-order valence-corrected chi connectivity index (χ1v) is 9.70. The van der Waals surface area contributed by atoms with Gasteiger partial charge in [0.05, 0.1) is 19.6 Å². The highest BCUT2D eigenvalue weighted by molar-refractivity contribution is 5.80. The third-order valence-corrected chi connectivity index (χ3v) is 5.50. The van der Waals surface area contributed by atoms with Crippen LogP contribution in [0.15, 0.2) is 24.3 Å². The minimum Gasteiger partial charge on any atom is -0.496 e. The summed E-state index contributed by atoms with van der Waals surface area (Å²) in [4.78, 5) is 30.4. The van der Waals surface area contributed by atoms with Crippen LogP contribution in [-0.4, -0.2) is 79.4 Å². The molecule has 2 aliphatic rings. The largest absolute Gasteiger partial charge is 0.496 e. The second kappa shape index (κ2) is 9.19. The van der Waals surface area contributed by atoms with Gasteiger partial charge in [0.25, 0.3) is 0 Å². The molecule has 0 radical (unpaired) electrons. The lowest BCUT2D eigenvalue weighted by atomic mass is 9.96. The van der Waals surface area contributed by atoms with E-state index in [2.05, 4.69) is 11.0 Å². The number of para-hydroxylation sites is 1. The Hall–Kier alpha value is -2.12. The van der Waals surface area contributed by atoms with Gasteiger partial charge in [0.2, 0.25) is 11.8 Å². The molecule has 2 N–H and O–H groups in total. The van der Waals surface area contributed by atoms with Crippen molar-refractivity contribution >= 4 is 11.8 Å².